The molecule has 0 amide bonds. The van der Waals surface area contributed by atoms with Crippen LogP contribution < -0.4 is 5.32 Å². The highest BCUT2D eigenvalue weighted by Crippen LogP contribution is 2.19. The average molecular weight is 229 g/mol. The summed E-state index contributed by atoms with van der Waals surface area (Å²) in [4.78, 5) is 19.5. The van der Waals surface area contributed by atoms with Crippen molar-refractivity contribution >= 4 is 16.8 Å². The predicted octanol–water partition coefficient (Wildman–Crippen LogP) is 1.75. The molecule has 4 heteroatoms. The maximum atomic E-state index is 12.3. The molecule has 2 heterocycles. The first-order chi connectivity index (χ1) is 8.34. The van der Waals surface area contributed by atoms with Gasteiger partial charge in [-0.3, -0.25) is 4.79 Å². The number of imidazole rings is 1. The summed E-state index contributed by atoms with van der Waals surface area (Å²) in [5, 5.41) is 3.28. The van der Waals surface area contributed by atoms with Gasteiger partial charge in [0, 0.05) is 18.0 Å². The maximum Gasteiger partial charge on any atom is 0.167 e. The normalized spacial score (nSPS) is 20.6. The van der Waals surface area contributed by atoms with E-state index >= 15 is 0 Å². The van der Waals surface area contributed by atoms with E-state index in [0.29, 0.717) is 0 Å². The monoisotopic (exact) mass is 229 g/mol. The summed E-state index contributed by atoms with van der Waals surface area (Å²) in [6.45, 7) is 1.83. The molecule has 2 aromatic rings. The maximum absolute atomic E-state index is 12.3. The van der Waals surface area contributed by atoms with Gasteiger partial charge in [-0.05, 0) is 37.6 Å². The van der Waals surface area contributed by atoms with E-state index in [0.717, 1.165) is 42.5 Å². The third-order valence-corrected chi connectivity index (χ3v) is 3.37. The van der Waals surface area contributed by atoms with Crippen LogP contribution in [-0.4, -0.2) is 28.8 Å². The Kier molecular flexibility index (Phi) is 2.65. The Morgan fingerprint density at radius 1 is 1.41 bits per heavy atom. The summed E-state index contributed by atoms with van der Waals surface area (Å²) < 4.78 is 0. The Balaban J connectivity index is 1.88. The minimum atomic E-state index is 0.125. The van der Waals surface area contributed by atoms with Crippen molar-refractivity contribution in [2.75, 3.05) is 13.1 Å². The lowest BCUT2D eigenvalue weighted by atomic mass is 9.91. The van der Waals surface area contributed by atoms with Gasteiger partial charge >= 0.3 is 0 Å². The van der Waals surface area contributed by atoms with Gasteiger partial charge in [-0.1, -0.05) is 0 Å². The molecular formula is C13H15N3O. The molecule has 3 rings (SSSR count). The summed E-state index contributed by atoms with van der Waals surface area (Å²) in [7, 11) is 0. The number of fused-ring (bicyclic) bond motifs is 1. The number of aromatic amines is 1. The first-order valence-corrected chi connectivity index (χ1v) is 6.02. The minimum absolute atomic E-state index is 0.125. The van der Waals surface area contributed by atoms with Gasteiger partial charge in [-0.25, -0.2) is 4.98 Å². The van der Waals surface area contributed by atoms with E-state index in [9.17, 15) is 4.79 Å². The quantitative estimate of drug-likeness (QED) is 0.771. The van der Waals surface area contributed by atoms with Crippen molar-refractivity contribution in [3.63, 3.8) is 0 Å². The van der Waals surface area contributed by atoms with Crippen LogP contribution in [0.1, 0.15) is 23.2 Å². The highest BCUT2D eigenvalue weighted by atomic mass is 16.1. The summed E-state index contributed by atoms with van der Waals surface area (Å²) in [6.07, 6.45) is 3.73. The lowest BCUT2D eigenvalue weighted by Gasteiger charge is -2.21. The van der Waals surface area contributed by atoms with Crippen LogP contribution in [0.5, 0.6) is 0 Å². The lowest BCUT2D eigenvalue weighted by Crippen LogP contribution is -2.34. The molecule has 1 fully saturated rings. The molecule has 0 radical (unpaired) electrons. The molecule has 1 aromatic carbocycles. The van der Waals surface area contributed by atoms with Gasteiger partial charge < -0.3 is 10.3 Å². The van der Waals surface area contributed by atoms with Gasteiger partial charge in [0.2, 0.25) is 0 Å². The molecule has 4 nitrogen and oxygen atoms in total. The molecule has 1 unspecified atom stereocenters. The second-order valence-electron chi connectivity index (χ2n) is 4.54. The van der Waals surface area contributed by atoms with Gasteiger partial charge in [0.05, 0.1) is 17.4 Å². The van der Waals surface area contributed by atoms with E-state index in [2.05, 4.69) is 15.3 Å². The van der Waals surface area contributed by atoms with E-state index < -0.39 is 0 Å². The van der Waals surface area contributed by atoms with Crippen LogP contribution >= 0.6 is 0 Å². The number of nitrogens with one attached hydrogen (secondary N) is 2. The van der Waals surface area contributed by atoms with Gasteiger partial charge in [-0.15, -0.1) is 0 Å². The Morgan fingerprint density at radius 2 is 2.35 bits per heavy atom. The number of hydrogen-bond acceptors (Lipinski definition) is 3. The zero-order valence-electron chi connectivity index (χ0n) is 9.57. The fourth-order valence-corrected chi connectivity index (χ4v) is 2.40. The highest BCUT2D eigenvalue weighted by molar-refractivity contribution is 6.00. The fourth-order valence-electron chi connectivity index (χ4n) is 2.40. The Morgan fingerprint density at radius 3 is 3.18 bits per heavy atom. The highest BCUT2D eigenvalue weighted by Gasteiger charge is 2.22. The number of carbonyl (C=O) groups excluding carboxylic acids is 1. The second-order valence-corrected chi connectivity index (χ2v) is 4.54. The Bertz CT molecular complexity index is 540. The number of hydrogen-bond donors (Lipinski definition) is 2. The molecule has 88 valence electrons. The predicted molar refractivity (Wildman–Crippen MR) is 66.0 cm³/mol. The molecule has 1 aliphatic heterocycles. The van der Waals surface area contributed by atoms with Crippen molar-refractivity contribution in [1.29, 1.82) is 0 Å². The first-order valence-electron chi connectivity index (χ1n) is 6.02. The average Bonchev–Trinajstić information content (AvgIpc) is 2.86. The third-order valence-electron chi connectivity index (χ3n) is 3.37. The van der Waals surface area contributed by atoms with Crippen molar-refractivity contribution < 1.29 is 4.79 Å². The van der Waals surface area contributed by atoms with Crippen molar-refractivity contribution in [3.05, 3.63) is 30.1 Å². The molecule has 1 saturated heterocycles. The largest absolute Gasteiger partial charge is 0.345 e. The topological polar surface area (TPSA) is 57.8 Å². The zero-order valence-corrected chi connectivity index (χ0v) is 9.57. The van der Waals surface area contributed by atoms with Gasteiger partial charge in [0.15, 0.2) is 5.78 Å². The number of aromatic nitrogens is 2. The smallest absolute Gasteiger partial charge is 0.167 e. The number of piperidine rings is 1. The number of carbonyl (C=O) groups is 1. The minimum Gasteiger partial charge on any atom is -0.345 e. The number of nitrogens with zero attached hydrogens (tertiary/aromatic N) is 1. The molecule has 0 bridgehead atoms. The molecule has 1 atom stereocenters. The molecule has 17 heavy (non-hydrogen) atoms. The summed E-state index contributed by atoms with van der Waals surface area (Å²) in [5.74, 6) is 0.363. The van der Waals surface area contributed by atoms with Crippen LogP contribution in [-0.2, 0) is 0 Å². The van der Waals surface area contributed by atoms with Crippen molar-refractivity contribution in [2.24, 2.45) is 5.92 Å². The first kappa shape index (κ1) is 10.5. The SMILES string of the molecule is O=C(c1ccc2[nH]cnc2c1)C1CCCNC1. The van der Waals surface area contributed by atoms with Crippen molar-refractivity contribution in [1.82, 2.24) is 15.3 Å². The van der Waals surface area contributed by atoms with Gasteiger partial charge in [0.25, 0.3) is 0 Å². The number of rotatable bonds is 2. The zero-order chi connectivity index (χ0) is 11.7. The number of H-pyrrole nitrogens is 1. The molecule has 0 aliphatic carbocycles. The number of ketones is 1. The van der Waals surface area contributed by atoms with Crippen LogP contribution in [0.25, 0.3) is 11.0 Å². The van der Waals surface area contributed by atoms with Crippen LogP contribution in [0.4, 0.5) is 0 Å². The molecule has 0 spiro atoms. The summed E-state index contributed by atoms with van der Waals surface area (Å²) >= 11 is 0. The summed E-state index contributed by atoms with van der Waals surface area (Å²) in [5.41, 5.74) is 2.61. The number of Topliss-reactive ketones (excluding diaryl/α,β-unsaturated/α-hetero) is 1. The van der Waals surface area contributed by atoms with Gasteiger partial charge in [-0.2, -0.15) is 0 Å². The summed E-state index contributed by atoms with van der Waals surface area (Å²) in [6, 6.07) is 5.69. The van der Waals surface area contributed by atoms with Crippen LogP contribution in [0, 0.1) is 5.92 Å². The molecule has 2 N–H and O–H groups in total. The van der Waals surface area contributed by atoms with Crippen LogP contribution in [0.2, 0.25) is 0 Å². The standard InChI is InChI=1S/C13H15N3O/c17-13(10-2-1-5-14-7-10)9-3-4-11-12(6-9)16-8-15-11/h3-4,6,8,10,14H,1-2,5,7H2,(H,15,16). The molecule has 1 aliphatic rings. The van der Waals surface area contributed by atoms with Gasteiger partial charge in [0.1, 0.15) is 0 Å². The van der Waals surface area contributed by atoms with E-state index in [1.807, 2.05) is 18.2 Å². The van der Waals surface area contributed by atoms with Crippen LogP contribution in [0.3, 0.4) is 0 Å². The lowest BCUT2D eigenvalue weighted by molar-refractivity contribution is 0.0900. The molecule has 1 aromatic heterocycles. The molecule has 0 saturated carbocycles. The van der Waals surface area contributed by atoms with Crippen molar-refractivity contribution in [2.45, 2.75) is 12.8 Å². The van der Waals surface area contributed by atoms with E-state index in [1.54, 1.807) is 6.33 Å². The Hall–Kier alpha value is -1.68. The Labute approximate surface area is 99.4 Å². The number of benzene rings is 1. The van der Waals surface area contributed by atoms with Crippen molar-refractivity contribution in [3.8, 4) is 0 Å². The van der Waals surface area contributed by atoms with Crippen LogP contribution in [0.15, 0.2) is 24.5 Å². The fraction of sp³-hybridized carbons (Fsp3) is 0.385. The third kappa shape index (κ3) is 1.96. The van der Waals surface area contributed by atoms with E-state index in [4.69, 9.17) is 0 Å². The van der Waals surface area contributed by atoms with E-state index in [-0.39, 0.29) is 11.7 Å². The van der Waals surface area contributed by atoms with E-state index in [1.165, 1.54) is 0 Å². The molecular weight excluding hydrogens is 214 g/mol. The second kappa shape index (κ2) is 4.30.